The third-order valence-corrected chi connectivity index (χ3v) is 8.49. The van der Waals surface area contributed by atoms with E-state index in [-0.39, 0.29) is 26.8 Å². The van der Waals surface area contributed by atoms with Crippen LogP contribution >= 0.6 is 0 Å². The van der Waals surface area contributed by atoms with Crippen molar-refractivity contribution < 1.29 is 26.2 Å². The Kier molecular flexibility index (Phi) is 8.83. The first-order chi connectivity index (χ1) is 23.2. The van der Waals surface area contributed by atoms with E-state index in [1.54, 1.807) is 6.07 Å². The second-order valence-corrected chi connectivity index (χ2v) is 11.5. The maximum atomic E-state index is 10.9. The standard InChI is InChI=1S/C43H30N3O.Pt/c47-40-24-11-10-21-38(40)43-45-42-37(22-12-23-39(42)46(43)36-19-8-3-9-20-36)34-27-33(31-16-6-2-7-17-31)28-35(29-34)41-32(18-13-25-44-41)26-30-14-4-1-5-15-30;/h1-25,27-28,47H,26H2;/q-1;. The van der Waals surface area contributed by atoms with Gasteiger partial charge >= 0.3 is 0 Å². The van der Waals surface area contributed by atoms with Crippen molar-refractivity contribution in [2.45, 2.75) is 6.42 Å². The first-order valence-corrected chi connectivity index (χ1v) is 15.7. The minimum atomic E-state index is 0. The number of benzene rings is 6. The summed E-state index contributed by atoms with van der Waals surface area (Å²) in [6.07, 6.45) is 2.62. The van der Waals surface area contributed by atoms with Gasteiger partial charge in [0.25, 0.3) is 0 Å². The Morgan fingerprint density at radius 3 is 2.04 bits per heavy atom. The smallest absolute Gasteiger partial charge is 0.148 e. The predicted octanol–water partition coefficient (Wildman–Crippen LogP) is 10.2. The summed E-state index contributed by atoms with van der Waals surface area (Å²) in [4.78, 5) is 10.1. The van der Waals surface area contributed by atoms with Crippen molar-refractivity contribution in [2.24, 2.45) is 0 Å². The number of nitrogens with zero attached hydrogens (tertiary/aromatic N) is 3. The summed E-state index contributed by atoms with van der Waals surface area (Å²) < 4.78 is 2.12. The van der Waals surface area contributed by atoms with Crippen LogP contribution in [0.2, 0.25) is 0 Å². The van der Waals surface area contributed by atoms with Crippen LogP contribution in [0.15, 0.2) is 164 Å². The third-order valence-electron chi connectivity index (χ3n) is 8.49. The molecule has 0 spiro atoms. The maximum Gasteiger partial charge on any atom is 0.148 e. The van der Waals surface area contributed by atoms with Crippen molar-refractivity contribution >= 4 is 11.0 Å². The monoisotopic (exact) mass is 799 g/mol. The summed E-state index contributed by atoms with van der Waals surface area (Å²) in [7, 11) is 0. The largest absolute Gasteiger partial charge is 0.507 e. The van der Waals surface area contributed by atoms with Gasteiger partial charge < -0.3 is 5.11 Å². The zero-order chi connectivity index (χ0) is 31.6. The number of para-hydroxylation sites is 3. The second kappa shape index (κ2) is 13.7. The summed E-state index contributed by atoms with van der Waals surface area (Å²) >= 11 is 0. The molecule has 1 N–H and O–H groups in total. The Hall–Kier alpha value is -5.57. The number of aromatic hydroxyl groups is 1. The van der Waals surface area contributed by atoms with Crippen LogP contribution in [0.1, 0.15) is 11.1 Å². The average molecular weight is 800 g/mol. The number of phenolic OH excluding ortho intramolecular Hbond substituents is 1. The molecule has 0 aliphatic carbocycles. The van der Waals surface area contributed by atoms with Crippen molar-refractivity contribution in [2.75, 3.05) is 0 Å². The Bertz CT molecular complexity index is 2330. The molecule has 8 aromatic rings. The van der Waals surface area contributed by atoms with Crippen LogP contribution in [0.25, 0.3) is 61.6 Å². The molecule has 0 amide bonds. The minimum Gasteiger partial charge on any atom is -0.507 e. The number of hydrogen-bond donors (Lipinski definition) is 1. The fourth-order valence-electron chi connectivity index (χ4n) is 6.28. The molecule has 48 heavy (non-hydrogen) atoms. The average Bonchev–Trinajstić information content (AvgIpc) is 3.53. The minimum absolute atomic E-state index is 0. The predicted molar refractivity (Wildman–Crippen MR) is 190 cm³/mol. The van der Waals surface area contributed by atoms with E-state index in [2.05, 4.69) is 108 Å². The first-order valence-electron chi connectivity index (χ1n) is 15.7. The molecule has 5 heteroatoms. The molecule has 0 fully saturated rings. The molecular weight excluding hydrogens is 770 g/mol. The molecule has 2 heterocycles. The molecule has 2 aromatic heterocycles. The van der Waals surface area contributed by atoms with Gasteiger partial charge in [-0.1, -0.05) is 131 Å². The fourth-order valence-corrected chi connectivity index (χ4v) is 6.28. The van der Waals surface area contributed by atoms with Crippen LogP contribution in [-0.4, -0.2) is 19.6 Å². The van der Waals surface area contributed by atoms with E-state index in [1.807, 2.05) is 60.8 Å². The molecule has 0 saturated heterocycles. The van der Waals surface area contributed by atoms with E-state index in [9.17, 15) is 5.11 Å². The van der Waals surface area contributed by atoms with Gasteiger partial charge in [-0.05, 0) is 53.9 Å². The van der Waals surface area contributed by atoms with Gasteiger partial charge in [-0.15, -0.1) is 23.8 Å². The summed E-state index contributed by atoms with van der Waals surface area (Å²) in [6, 6.07) is 57.0. The quantitative estimate of drug-likeness (QED) is 0.163. The molecule has 8 rings (SSSR count). The zero-order valence-electron chi connectivity index (χ0n) is 25.9. The van der Waals surface area contributed by atoms with E-state index in [1.165, 1.54) is 5.56 Å². The van der Waals surface area contributed by atoms with Gasteiger partial charge in [0.15, 0.2) is 0 Å². The van der Waals surface area contributed by atoms with E-state index < -0.39 is 0 Å². The molecule has 4 nitrogen and oxygen atoms in total. The Morgan fingerprint density at radius 2 is 1.27 bits per heavy atom. The van der Waals surface area contributed by atoms with E-state index in [4.69, 9.17) is 9.97 Å². The van der Waals surface area contributed by atoms with Crippen LogP contribution in [-0.2, 0) is 27.5 Å². The van der Waals surface area contributed by atoms with E-state index >= 15 is 0 Å². The van der Waals surface area contributed by atoms with Gasteiger partial charge in [-0.3, -0.25) is 9.55 Å². The number of imidazole rings is 1. The molecule has 0 unspecified atom stereocenters. The third kappa shape index (κ3) is 5.99. The fraction of sp³-hybridized carbons (Fsp3) is 0.0233. The van der Waals surface area contributed by atoms with Crippen LogP contribution in [0, 0.1) is 6.07 Å². The number of fused-ring (bicyclic) bond motifs is 1. The molecular formula is C43H30N3OPt-. The number of pyridine rings is 1. The zero-order valence-corrected chi connectivity index (χ0v) is 28.2. The number of rotatable bonds is 7. The maximum absolute atomic E-state index is 10.9. The SMILES string of the molecule is Oc1ccccc1-c1nc2c(-c3[c-]c(-c4ncccc4Cc4ccccc4)cc(-c4ccccc4)c3)cccc2n1-c1ccccc1.[Pt]. The first kappa shape index (κ1) is 31.0. The summed E-state index contributed by atoms with van der Waals surface area (Å²) in [6.45, 7) is 0. The Balaban J connectivity index is 0.00000364. The Morgan fingerprint density at radius 1 is 0.604 bits per heavy atom. The van der Waals surface area contributed by atoms with Gasteiger partial charge in [0, 0.05) is 38.6 Å². The van der Waals surface area contributed by atoms with Gasteiger partial charge in [0.05, 0.1) is 16.6 Å². The number of hydrogen-bond acceptors (Lipinski definition) is 3. The van der Waals surface area contributed by atoms with Crippen LogP contribution in [0.5, 0.6) is 5.75 Å². The molecule has 0 saturated carbocycles. The molecule has 0 aliphatic rings. The second-order valence-electron chi connectivity index (χ2n) is 11.5. The normalized spacial score (nSPS) is 10.9. The number of aromatic nitrogens is 3. The van der Waals surface area contributed by atoms with Crippen molar-refractivity contribution in [1.82, 2.24) is 14.5 Å². The Labute approximate surface area is 294 Å². The molecule has 0 atom stereocenters. The van der Waals surface area contributed by atoms with Crippen LogP contribution in [0.3, 0.4) is 0 Å². The summed E-state index contributed by atoms with van der Waals surface area (Å²) in [5.41, 5.74) is 11.7. The molecule has 6 aromatic carbocycles. The van der Waals surface area contributed by atoms with Gasteiger partial charge in [-0.25, -0.2) is 4.98 Å². The van der Waals surface area contributed by atoms with Gasteiger partial charge in [0.1, 0.15) is 11.6 Å². The molecule has 234 valence electrons. The topological polar surface area (TPSA) is 50.9 Å². The van der Waals surface area contributed by atoms with Crippen molar-refractivity contribution in [3.63, 3.8) is 0 Å². The van der Waals surface area contributed by atoms with Gasteiger partial charge in [-0.2, -0.15) is 0 Å². The van der Waals surface area contributed by atoms with Crippen molar-refractivity contribution in [3.8, 4) is 56.3 Å². The summed E-state index contributed by atoms with van der Waals surface area (Å²) in [5, 5.41) is 10.9. The van der Waals surface area contributed by atoms with E-state index in [0.717, 1.165) is 62.2 Å². The molecule has 0 bridgehead atoms. The van der Waals surface area contributed by atoms with Crippen molar-refractivity contribution in [1.29, 1.82) is 0 Å². The number of phenols is 1. The molecule has 0 radical (unpaired) electrons. The van der Waals surface area contributed by atoms with Crippen LogP contribution < -0.4 is 0 Å². The molecule has 0 aliphatic heterocycles. The van der Waals surface area contributed by atoms with E-state index in [0.29, 0.717) is 11.4 Å². The van der Waals surface area contributed by atoms with Crippen LogP contribution in [0.4, 0.5) is 0 Å². The van der Waals surface area contributed by atoms with Gasteiger partial charge in [0.2, 0.25) is 0 Å². The van der Waals surface area contributed by atoms with Crippen molar-refractivity contribution in [3.05, 3.63) is 181 Å². The summed E-state index contributed by atoms with van der Waals surface area (Å²) in [5.74, 6) is 0.855.